The molecule has 3 rings (SSSR count). The van der Waals surface area contributed by atoms with Crippen LogP contribution in [-0.4, -0.2) is 29.3 Å². The van der Waals surface area contributed by atoms with Crippen LogP contribution in [0.25, 0.3) is 0 Å². The number of ether oxygens (including phenoxy) is 2. The maximum Gasteiger partial charge on any atom is 0.250 e. The summed E-state index contributed by atoms with van der Waals surface area (Å²) in [6.07, 6.45) is 5.79. The number of halogens is 1. The summed E-state index contributed by atoms with van der Waals surface area (Å²) >= 11 is 0. The Kier molecular flexibility index (Phi) is 4.40. The molecule has 1 aliphatic heterocycles. The molecule has 4 nitrogen and oxygen atoms in total. The van der Waals surface area contributed by atoms with Gasteiger partial charge in [-0.15, -0.1) is 0 Å². The van der Waals surface area contributed by atoms with E-state index in [4.69, 9.17) is 9.47 Å². The summed E-state index contributed by atoms with van der Waals surface area (Å²) in [6, 6.07) is 2.27. The third-order valence-electron chi connectivity index (χ3n) is 4.03. The predicted molar refractivity (Wildman–Crippen MR) is 77.7 cm³/mol. The number of pyridine rings is 1. The summed E-state index contributed by atoms with van der Waals surface area (Å²) in [5, 5.41) is 3.32. The van der Waals surface area contributed by atoms with Crippen molar-refractivity contribution >= 4 is 0 Å². The van der Waals surface area contributed by atoms with Gasteiger partial charge in [-0.1, -0.05) is 0 Å². The summed E-state index contributed by atoms with van der Waals surface area (Å²) in [5.41, 5.74) is 0.625. The molecule has 2 aliphatic rings. The molecule has 1 aromatic heterocycles. The van der Waals surface area contributed by atoms with Crippen molar-refractivity contribution in [3.63, 3.8) is 0 Å². The SMILES string of the molecule is CC1CC(Oc2nccc(CNC3CC3)c2F)CC(C)O1. The number of hydrogen-bond acceptors (Lipinski definition) is 4. The molecule has 5 heteroatoms. The van der Waals surface area contributed by atoms with Gasteiger partial charge in [0.1, 0.15) is 6.10 Å². The van der Waals surface area contributed by atoms with Crippen LogP contribution in [0.4, 0.5) is 4.39 Å². The molecule has 1 aromatic rings. The molecule has 0 amide bonds. The molecule has 1 N–H and O–H groups in total. The minimum Gasteiger partial charge on any atom is -0.472 e. The highest BCUT2D eigenvalue weighted by Gasteiger charge is 2.27. The lowest BCUT2D eigenvalue weighted by molar-refractivity contribution is -0.0737. The Morgan fingerprint density at radius 2 is 2.05 bits per heavy atom. The average molecular weight is 294 g/mol. The van der Waals surface area contributed by atoms with Gasteiger partial charge >= 0.3 is 0 Å². The lowest BCUT2D eigenvalue weighted by atomic mass is 10.0. The van der Waals surface area contributed by atoms with Gasteiger partial charge in [-0.05, 0) is 32.8 Å². The minimum atomic E-state index is -0.336. The molecule has 0 aromatic carbocycles. The van der Waals surface area contributed by atoms with Gasteiger partial charge in [-0.2, -0.15) is 0 Å². The average Bonchev–Trinajstić information content (AvgIpc) is 3.23. The van der Waals surface area contributed by atoms with Gasteiger partial charge in [0.2, 0.25) is 0 Å². The number of aromatic nitrogens is 1. The Morgan fingerprint density at radius 3 is 2.71 bits per heavy atom. The first-order valence-electron chi connectivity index (χ1n) is 7.80. The monoisotopic (exact) mass is 294 g/mol. The number of nitrogens with one attached hydrogen (secondary N) is 1. The van der Waals surface area contributed by atoms with E-state index in [1.807, 2.05) is 13.8 Å². The van der Waals surface area contributed by atoms with Crippen molar-refractivity contribution in [3.8, 4) is 5.88 Å². The lowest BCUT2D eigenvalue weighted by Crippen LogP contribution is -2.36. The topological polar surface area (TPSA) is 43.4 Å². The first-order chi connectivity index (χ1) is 10.1. The smallest absolute Gasteiger partial charge is 0.250 e. The van der Waals surface area contributed by atoms with E-state index < -0.39 is 0 Å². The van der Waals surface area contributed by atoms with Crippen molar-refractivity contribution in [2.24, 2.45) is 0 Å². The van der Waals surface area contributed by atoms with E-state index in [2.05, 4.69) is 10.3 Å². The molecule has 2 atom stereocenters. The molecule has 0 radical (unpaired) electrons. The summed E-state index contributed by atoms with van der Waals surface area (Å²) in [5.74, 6) is -0.214. The summed E-state index contributed by atoms with van der Waals surface area (Å²) in [7, 11) is 0. The van der Waals surface area contributed by atoms with Crippen LogP contribution in [-0.2, 0) is 11.3 Å². The van der Waals surface area contributed by atoms with Crippen LogP contribution < -0.4 is 10.1 Å². The van der Waals surface area contributed by atoms with E-state index >= 15 is 0 Å². The van der Waals surface area contributed by atoms with Gasteiger partial charge in [-0.3, -0.25) is 0 Å². The molecule has 116 valence electrons. The van der Waals surface area contributed by atoms with Crippen molar-refractivity contribution in [1.82, 2.24) is 10.3 Å². The van der Waals surface area contributed by atoms with E-state index in [0.717, 1.165) is 12.8 Å². The van der Waals surface area contributed by atoms with E-state index in [9.17, 15) is 4.39 Å². The second-order valence-electron chi connectivity index (χ2n) is 6.21. The molecule has 1 aliphatic carbocycles. The molecular formula is C16H23FN2O2. The van der Waals surface area contributed by atoms with E-state index in [-0.39, 0.29) is 30.0 Å². The molecule has 0 bridgehead atoms. The Balaban J connectivity index is 1.65. The Bertz CT molecular complexity index is 483. The summed E-state index contributed by atoms with van der Waals surface area (Å²) in [4.78, 5) is 4.06. The fraction of sp³-hybridized carbons (Fsp3) is 0.688. The normalized spacial score (nSPS) is 29.4. The number of nitrogens with zero attached hydrogens (tertiary/aromatic N) is 1. The standard InChI is InChI=1S/C16H23FN2O2/c1-10-7-14(8-11(2)20-10)21-16-15(17)12(5-6-18-16)9-19-13-3-4-13/h5-6,10-11,13-14,19H,3-4,7-9H2,1-2H3. The highest BCUT2D eigenvalue weighted by atomic mass is 19.1. The Morgan fingerprint density at radius 1 is 1.33 bits per heavy atom. The summed E-state index contributed by atoms with van der Waals surface area (Å²) in [6.45, 7) is 4.58. The van der Waals surface area contributed by atoms with Crippen molar-refractivity contribution in [1.29, 1.82) is 0 Å². The Labute approximate surface area is 125 Å². The van der Waals surface area contributed by atoms with Crippen molar-refractivity contribution in [2.75, 3.05) is 0 Å². The van der Waals surface area contributed by atoms with Gasteiger partial charge in [0, 0.05) is 37.2 Å². The molecule has 2 fully saturated rings. The first-order valence-corrected chi connectivity index (χ1v) is 7.80. The minimum absolute atomic E-state index is 0.0302. The quantitative estimate of drug-likeness (QED) is 0.907. The highest BCUT2D eigenvalue weighted by Crippen LogP contribution is 2.26. The van der Waals surface area contributed by atoms with Crippen LogP contribution in [0.15, 0.2) is 12.3 Å². The van der Waals surface area contributed by atoms with Gasteiger partial charge in [-0.25, -0.2) is 9.37 Å². The van der Waals surface area contributed by atoms with Crippen molar-refractivity contribution in [3.05, 3.63) is 23.6 Å². The Hall–Kier alpha value is -1.20. The van der Waals surface area contributed by atoms with Crippen molar-refractivity contribution in [2.45, 2.75) is 70.4 Å². The van der Waals surface area contributed by atoms with E-state index in [1.54, 1.807) is 12.3 Å². The van der Waals surface area contributed by atoms with E-state index in [1.165, 1.54) is 12.8 Å². The van der Waals surface area contributed by atoms with Crippen LogP contribution in [0.3, 0.4) is 0 Å². The maximum absolute atomic E-state index is 14.4. The fourth-order valence-electron chi connectivity index (χ4n) is 2.82. The number of rotatable bonds is 5. The molecule has 2 heterocycles. The third-order valence-corrected chi connectivity index (χ3v) is 4.03. The maximum atomic E-state index is 14.4. The van der Waals surface area contributed by atoms with Crippen LogP contribution in [0.1, 0.15) is 45.1 Å². The second kappa shape index (κ2) is 6.28. The molecule has 21 heavy (non-hydrogen) atoms. The third kappa shape index (κ3) is 3.92. The van der Waals surface area contributed by atoms with Gasteiger partial charge in [0.05, 0.1) is 12.2 Å². The highest BCUT2D eigenvalue weighted by molar-refractivity contribution is 5.24. The molecule has 0 spiro atoms. The zero-order valence-electron chi connectivity index (χ0n) is 12.6. The molecular weight excluding hydrogens is 271 g/mol. The molecule has 1 saturated heterocycles. The van der Waals surface area contributed by atoms with Gasteiger partial charge in [0.25, 0.3) is 5.88 Å². The zero-order chi connectivity index (χ0) is 14.8. The second-order valence-corrected chi connectivity index (χ2v) is 6.21. The van der Waals surface area contributed by atoms with Crippen LogP contribution in [0.2, 0.25) is 0 Å². The fourth-order valence-corrected chi connectivity index (χ4v) is 2.82. The van der Waals surface area contributed by atoms with Gasteiger partial charge in [0.15, 0.2) is 5.82 Å². The predicted octanol–water partition coefficient (Wildman–Crippen LogP) is 2.81. The van der Waals surface area contributed by atoms with E-state index in [0.29, 0.717) is 18.2 Å². The summed E-state index contributed by atoms with van der Waals surface area (Å²) < 4.78 is 25.9. The molecule has 2 unspecified atom stereocenters. The van der Waals surface area contributed by atoms with Gasteiger partial charge < -0.3 is 14.8 Å². The first kappa shape index (κ1) is 14.7. The zero-order valence-corrected chi connectivity index (χ0v) is 12.6. The van der Waals surface area contributed by atoms with Crippen molar-refractivity contribution < 1.29 is 13.9 Å². The van der Waals surface area contributed by atoms with Crippen LogP contribution in [0, 0.1) is 5.82 Å². The van der Waals surface area contributed by atoms with Crippen LogP contribution >= 0.6 is 0 Å². The lowest BCUT2D eigenvalue weighted by Gasteiger charge is -2.32. The largest absolute Gasteiger partial charge is 0.472 e. The number of hydrogen-bond donors (Lipinski definition) is 1. The van der Waals surface area contributed by atoms with Crippen LogP contribution in [0.5, 0.6) is 5.88 Å². The molecule has 1 saturated carbocycles.